The fraction of sp³-hybridized carbons (Fsp3) is 0.200. The van der Waals surface area contributed by atoms with Crippen LogP contribution in [0.4, 0.5) is 0 Å². The average molecular weight is 381 g/mol. The summed E-state index contributed by atoms with van der Waals surface area (Å²) in [5.74, 6) is -1.80. The van der Waals surface area contributed by atoms with Gasteiger partial charge >= 0.3 is 5.97 Å². The summed E-state index contributed by atoms with van der Waals surface area (Å²) in [6, 6.07) is 0.951. The number of hydrogen-bond donors (Lipinski definition) is 2. The van der Waals surface area contributed by atoms with Gasteiger partial charge in [0.25, 0.3) is 0 Å². The first-order valence-corrected chi connectivity index (χ1v) is 8.32. The predicted molar refractivity (Wildman–Crippen MR) is 74.2 cm³/mol. The Balaban J connectivity index is 2.20. The number of aromatic nitrogens is 1. The van der Waals surface area contributed by atoms with Crippen LogP contribution in [-0.2, 0) is 16.6 Å². The summed E-state index contributed by atoms with van der Waals surface area (Å²) in [4.78, 5) is 15.3. The Kier molecular flexibility index (Phi) is 4.28. The molecule has 0 amide bonds. The van der Waals surface area contributed by atoms with E-state index in [4.69, 9.17) is 9.52 Å². The Morgan fingerprint density at radius 2 is 2.30 bits per heavy atom. The quantitative estimate of drug-likeness (QED) is 0.820. The van der Waals surface area contributed by atoms with Crippen LogP contribution in [0.1, 0.15) is 20.4 Å². The molecule has 2 aromatic heterocycles. The second-order valence-corrected chi connectivity index (χ2v) is 7.50. The molecule has 0 saturated heterocycles. The van der Waals surface area contributed by atoms with Gasteiger partial charge < -0.3 is 9.52 Å². The van der Waals surface area contributed by atoms with E-state index in [9.17, 15) is 13.2 Å². The zero-order valence-corrected chi connectivity index (χ0v) is 13.3. The number of sulfonamides is 1. The van der Waals surface area contributed by atoms with Crippen molar-refractivity contribution in [1.82, 2.24) is 9.71 Å². The predicted octanol–water partition coefficient (Wildman–Crippen LogP) is 1.98. The molecule has 0 spiro atoms. The molecule has 7 nitrogen and oxygen atoms in total. The van der Waals surface area contributed by atoms with Crippen LogP contribution in [-0.4, -0.2) is 24.5 Å². The van der Waals surface area contributed by atoms with E-state index in [0.717, 1.165) is 16.0 Å². The van der Waals surface area contributed by atoms with Gasteiger partial charge in [0.05, 0.1) is 5.01 Å². The maximum atomic E-state index is 12.1. The van der Waals surface area contributed by atoms with Crippen LogP contribution in [0.15, 0.2) is 26.2 Å². The van der Waals surface area contributed by atoms with Gasteiger partial charge in [-0.05, 0) is 22.9 Å². The van der Waals surface area contributed by atoms with Gasteiger partial charge in [-0.1, -0.05) is 0 Å². The van der Waals surface area contributed by atoms with E-state index in [1.807, 2.05) is 6.92 Å². The number of carboxylic acids is 1. The maximum absolute atomic E-state index is 12.1. The molecule has 2 N–H and O–H groups in total. The molecule has 10 heteroatoms. The minimum Gasteiger partial charge on any atom is -0.475 e. The van der Waals surface area contributed by atoms with Gasteiger partial charge in [0.15, 0.2) is 4.67 Å². The van der Waals surface area contributed by atoms with Crippen LogP contribution in [0.3, 0.4) is 0 Å². The third-order valence-electron chi connectivity index (χ3n) is 2.26. The van der Waals surface area contributed by atoms with Crippen LogP contribution in [0.5, 0.6) is 0 Å². The molecule has 0 aromatic carbocycles. The van der Waals surface area contributed by atoms with Crippen molar-refractivity contribution in [3.63, 3.8) is 0 Å². The zero-order chi connectivity index (χ0) is 14.9. The number of furan rings is 1. The van der Waals surface area contributed by atoms with Gasteiger partial charge in [0.1, 0.15) is 4.90 Å². The number of halogens is 1. The Morgan fingerprint density at radius 1 is 1.60 bits per heavy atom. The standard InChI is InChI=1S/C10H9BrN2O5S2/c1-5-12-3-6(19-5)4-13-20(16,17)8-2-7(10(14)15)18-9(8)11/h2-3,13H,4H2,1H3,(H,14,15). The molecule has 0 radical (unpaired) electrons. The van der Waals surface area contributed by atoms with Crippen LogP contribution in [0, 0.1) is 6.92 Å². The van der Waals surface area contributed by atoms with Crippen molar-refractivity contribution in [2.45, 2.75) is 18.4 Å². The summed E-state index contributed by atoms with van der Waals surface area (Å²) in [5, 5.41) is 9.59. The Bertz CT molecular complexity index is 750. The molecule has 0 saturated carbocycles. The monoisotopic (exact) mass is 380 g/mol. The third-order valence-corrected chi connectivity index (χ3v) is 5.43. The normalized spacial score (nSPS) is 11.7. The molecule has 0 aliphatic heterocycles. The van der Waals surface area contributed by atoms with Crippen molar-refractivity contribution < 1.29 is 22.7 Å². The second kappa shape index (κ2) is 5.64. The topological polar surface area (TPSA) is 110 Å². The molecule has 20 heavy (non-hydrogen) atoms. The molecule has 2 heterocycles. The van der Waals surface area contributed by atoms with Crippen molar-refractivity contribution in [3.8, 4) is 0 Å². The number of nitrogens with one attached hydrogen (secondary N) is 1. The Hall–Kier alpha value is -1.23. The van der Waals surface area contributed by atoms with Crippen molar-refractivity contribution >= 4 is 43.3 Å². The average Bonchev–Trinajstić information content (AvgIpc) is 2.93. The smallest absolute Gasteiger partial charge is 0.371 e. The van der Waals surface area contributed by atoms with E-state index < -0.39 is 21.8 Å². The van der Waals surface area contributed by atoms with Crippen molar-refractivity contribution in [2.75, 3.05) is 0 Å². The summed E-state index contributed by atoms with van der Waals surface area (Å²) < 4.78 is 31.1. The molecule has 108 valence electrons. The molecule has 0 aliphatic rings. The summed E-state index contributed by atoms with van der Waals surface area (Å²) in [6.45, 7) is 1.89. The Labute approximate surface area is 126 Å². The lowest BCUT2D eigenvalue weighted by Gasteiger charge is -2.02. The molecule has 0 fully saturated rings. The van der Waals surface area contributed by atoms with Crippen molar-refractivity contribution in [1.29, 1.82) is 0 Å². The van der Waals surface area contributed by atoms with E-state index in [2.05, 4.69) is 25.6 Å². The van der Waals surface area contributed by atoms with Gasteiger partial charge in [-0.25, -0.2) is 22.9 Å². The molecule has 2 aromatic rings. The third kappa shape index (κ3) is 3.26. The highest BCUT2D eigenvalue weighted by Crippen LogP contribution is 2.26. The van der Waals surface area contributed by atoms with Gasteiger partial charge in [-0.3, -0.25) is 0 Å². The maximum Gasteiger partial charge on any atom is 0.371 e. The first kappa shape index (κ1) is 15.2. The zero-order valence-electron chi connectivity index (χ0n) is 10.1. The fourth-order valence-electron chi connectivity index (χ4n) is 1.37. The first-order valence-electron chi connectivity index (χ1n) is 5.23. The first-order chi connectivity index (χ1) is 9.29. The van der Waals surface area contributed by atoms with Crippen LogP contribution < -0.4 is 4.72 Å². The van der Waals surface area contributed by atoms with E-state index in [1.165, 1.54) is 11.3 Å². The highest BCUT2D eigenvalue weighted by Gasteiger charge is 2.24. The highest BCUT2D eigenvalue weighted by atomic mass is 79.9. The molecule has 0 aliphatic carbocycles. The lowest BCUT2D eigenvalue weighted by molar-refractivity contribution is 0.0661. The Morgan fingerprint density at radius 3 is 2.80 bits per heavy atom. The van der Waals surface area contributed by atoms with Crippen LogP contribution >= 0.6 is 27.3 Å². The molecule has 0 unspecified atom stereocenters. The van der Waals surface area contributed by atoms with Gasteiger partial charge in [0.2, 0.25) is 15.8 Å². The number of aromatic carboxylic acids is 1. The summed E-state index contributed by atoms with van der Waals surface area (Å²) in [6.07, 6.45) is 1.58. The fourth-order valence-corrected chi connectivity index (χ4v) is 4.14. The lowest BCUT2D eigenvalue weighted by atomic mass is 10.5. The van der Waals surface area contributed by atoms with Crippen molar-refractivity contribution in [2.24, 2.45) is 0 Å². The number of nitrogens with zero attached hydrogens (tertiary/aromatic N) is 1. The minimum atomic E-state index is -3.87. The highest BCUT2D eigenvalue weighted by molar-refractivity contribution is 9.10. The summed E-state index contributed by atoms with van der Waals surface area (Å²) in [7, 11) is -3.87. The molecular formula is C10H9BrN2O5S2. The molecular weight excluding hydrogens is 372 g/mol. The molecule has 2 rings (SSSR count). The second-order valence-electron chi connectivity index (χ2n) is 3.72. The van der Waals surface area contributed by atoms with Gasteiger partial charge in [-0.15, -0.1) is 11.3 Å². The van der Waals surface area contributed by atoms with Gasteiger partial charge in [0, 0.05) is 23.7 Å². The van der Waals surface area contributed by atoms with E-state index in [1.54, 1.807) is 6.20 Å². The number of rotatable bonds is 5. The molecule has 0 bridgehead atoms. The largest absolute Gasteiger partial charge is 0.475 e. The summed E-state index contributed by atoms with van der Waals surface area (Å²) >= 11 is 4.26. The number of thiazole rings is 1. The van der Waals surface area contributed by atoms with Gasteiger partial charge in [-0.2, -0.15) is 0 Å². The van der Waals surface area contributed by atoms with Crippen LogP contribution in [0.2, 0.25) is 0 Å². The molecule has 0 atom stereocenters. The van der Waals surface area contributed by atoms with E-state index in [0.29, 0.717) is 0 Å². The van der Waals surface area contributed by atoms with E-state index >= 15 is 0 Å². The SMILES string of the molecule is Cc1ncc(CNS(=O)(=O)c2cc(C(=O)O)oc2Br)s1. The minimum absolute atomic E-state index is 0.0772. The van der Waals surface area contributed by atoms with Crippen molar-refractivity contribution in [3.05, 3.63) is 32.6 Å². The number of carbonyl (C=O) groups is 1. The lowest BCUT2D eigenvalue weighted by Crippen LogP contribution is -2.22. The van der Waals surface area contributed by atoms with Crippen LogP contribution in [0.25, 0.3) is 0 Å². The number of carboxylic acid groups (broad SMARTS) is 1. The van der Waals surface area contributed by atoms with E-state index in [-0.39, 0.29) is 16.1 Å². The summed E-state index contributed by atoms with van der Waals surface area (Å²) in [5.41, 5.74) is 0. The number of aryl methyl sites for hydroxylation is 1. The number of hydrogen-bond acceptors (Lipinski definition) is 6.